The van der Waals surface area contributed by atoms with Crippen LogP contribution < -0.4 is 10.1 Å². The van der Waals surface area contributed by atoms with Gasteiger partial charge in [-0.2, -0.15) is 5.10 Å². The van der Waals surface area contributed by atoms with Crippen LogP contribution >= 0.6 is 15.9 Å². The van der Waals surface area contributed by atoms with Crippen LogP contribution in [0.4, 0.5) is 0 Å². The van der Waals surface area contributed by atoms with Crippen molar-refractivity contribution in [1.29, 1.82) is 0 Å². The monoisotopic (exact) mass is 337 g/mol. The molecule has 1 heterocycles. The van der Waals surface area contributed by atoms with Gasteiger partial charge in [0.2, 0.25) is 5.88 Å². The fourth-order valence-corrected chi connectivity index (χ4v) is 2.96. The lowest BCUT2D eigenvalue weighted by Crippen LogP contribution is -2.19. The van der Waals surface area contributed by atoms with Crippen LogP contribution in [-0.4, -0.2) is 16.9 Å². The molecule has 0 aliphatic rings. The number of halogens is 1. The first-order valence-corrected chi connectivity index (χ1v) is 7.38. The lowest BCUT2D eigenvalue weighted by Gasteiger charge is -2.16. The largest absolute Gasteiger partial charge is 0.481 e. The van der Waals surface area contributed by atoms with Crippen LogP contribution in [0, 0.1) is 6.92 Å². The molecule has 4 nitrogen and oxygen atoms in total. The Morgan fingerprint density at radius 1 is 1.40 bits per heavy atom. The van der Waals surface area contributed by atoms with E-state index in [1.165, 1.54) is 5.56 Å². The Labute approximate surface area is 128 Å². The van der Waals surface area contributed by atoms with E-state index in [4.69, 9.17) is 4.74 Å². The fraction of sp³-hybridized carbons (Fsp3) is 0.400. The average Bonchev–Trinajstić information content (AvgIpc) is 2.70. The third-order valence-corrected chi connectivity index (χ3v) is 4.16. The van der Waals surface area contributed by atoms with Gasteiger partial charge in [0.05, 0.1) is 18.4 Å². The number of hydrogen-bond acceptors (Lipinski definition) is 3. The number of nitrogens with one attached hydrogen (secondary N) is 1. The van der Waals surface area contributed by atoms with E-state index >= 15 is 0 Å². The van der Waals surface area contributed by atoms with E-state index in [-0.39, 0.29) is 6.04 Å². The van der Waals surface area contributed by atoms with Gasteiger partial charge in [-0.25, -0.2) is 4.68 Å². The normalized spacial score (nSPS) is 12.4. The van der Waals surface area contributed by atoms with Crippen molar-refractivity contribution in [2.75, 3.05) is 7.11 Å². The minimum atomic E-state index is 0.245. The molecule has 0 fully saturated rings. The molecule has 2 rings (SSSR count). The summed E-state index contributed by atoms with van der Waals surface area (Å²) >= 11 is 3.59. The summed E-state index contributed by atoms with van der Waals surface area (Å²) in [7, 11) is 3.57. The van der Waals surface area contributed by atoms with Crippen LogP contribution in [-0.2, 0) is 13.6 Å². The highest BCUT2D eigenvalue weighted by molar-refractivity contribution is 9.10. The minimum Gasteiger partial charge on any atom is -0.481 e. The van der Waals surface area contributed by atoms with Crippen molar-refractivity contribution in [3.63, 3.8) is 0 Å². The van der Waals surface area contributed by atoms with Crippen molar-refractivity contribution in [3.8, 4) is 5.88 Å². The predicted octanol–water partition coefficient (Wildman–Crippen LogP) is 3.35. The number of aromatic nitrogens is 2. The summed E-state index contributed by atoms with van der Waals surface area (Å²) in [5.74, 6) is 0.814. The van der Waals surface area contributed by atoms with Gasteiger partial charge in [0.15, 0.2) is 0 Å². The topological polar surface area (TPSA) is 39.1 Å². The molecule has 0 amide bonds. The molecule has 0 radical (unpaired) electrons. The third-order valence-electron chi connectivity index (χ3n) is 3.44. The van der Waals surface area contributed by atoms with Crippen molar-refractivity contribution in [2.45, 2.75) is 26.4 Å². The van der Waals surface area contributed by atoms with Crippen molar-refractivity contribution >= 4 is 15.9 Å². The number of aryl methyl sites for hydroxylation is 2. The number of rotatable bonds is 5. The molecule has 0 saturated heterocycles. The Bertz CT molecular complexity index is 595. The maximum Gasteiger partial charge on any atom is 0.216 e. The highest BCUT2D eigenvalue weighted by Gasteiger charge is 2.15. The lowest BCUT2D eigenvalue weighted by atomic mass is 10.1. The van der Waals surface area contributed by atoms with Crippen LogP contribution in [0.2, 0.25) is 0 Å². The number of nitrogens with zero attached hydrogens (tertiary/aromatic N) is 2. The van der Waals surface area contributed by atoms with Gasteiger partial charge in [-0.05, 0) is 25.5 Å². The molecule has 5 heteroatoms. The maximum atomic E-state index is 5.41. The quantitative estimate of drug-likeness (QED) is 0.909. The summed E-state index contributed by atoms with van der Waals surface area (Å²) in [6, 6.07) is 8.50. The first-order chi connectivity index (χ1) is 9.54. The number of hydrogen-bond donors (Lipinski definition) is 1. The molecule has 0 bridgehead atoms. The van der Waals surface area contributed by atoms with Crippen molar-refractivity contribution < 1.29 is 4.74 Å². The average molecular weight is 338 g/mol. The van der Waals surface area contributed by atoms with Crippen LogP contribution in [0.5, 0.6) is 5.88 Å². The molecular formula is C15H20BrN3O. The van der Waals surface area contributed by atoms with Gasteiger partial charge in [0, 0.05) is 24.1 Å². The summed E-state index contributed by atoms with van der Waals surface area (Å²) in [5, 5.41) is 7.91. The molecule has 1 aromatic heterocycles. The van der Waals surface area contributed by atoms with Crippen molar-refractivity contribution in [1.82, 2.24) is 15.1 Å². The van der Waals surface area contributed by atoms with Crippen molar-refractivity contribution in [2.24, 2.45) is 7.05 Å². The second-order valence-electron chi connectivity index (χ2n) is 4.82. The Kier molecular flexibility index (Phi) is 4.83. The summed E-state index contributed by atoms with van der Waals surface area (Å²) in [6.45, 7) is 4.88. The van der Waals surface area contributed by atoms with Gasteiger partial charge >= 0.3 is 0 Å². The second kappa shape index (κ2) is 6.41. The molecule has 1 atom stereocenters. The van der Waals surface area contributed by atoms with E-state index in [1.807, 2.05) is 26.1 Å². The minimum absolute atomic E-state index is 0.245. The number of benzene rings is 1. The van der Waals surface area contributed by atoms with Gasteiger partial charge in [-0.3, -0.25) is 0 Å². The van der Waals surface area contributed by atoms with Gasteiger partial charge < -0.3 is 10.1 Å². The molecule has 0 aliphatic heterocycles. The summed E-state index contributed by atoms with van der Waals surface area (Å²) < 4.78 is 8.30. The first kappa shape index (κ1) is 15.1. The highest BCUT2D eigenvalue weighted by atomic mass is 79.9. The second-order valence-corrected chi connectivity index (χ2v) is 5.68. The Morgan fingerprint density at radius 2 is 2.10 bits per heavy atom. The van der Waals surface area contributed by atoms with Gasteiger partial charge in [0.25, 0.3) is 0 Å². The maximum absolute atomic E-state index is 5.41. The molecule has 1 N–H and O–H groups in total. The standard InChI is InChI=1S/C15H20BrN3O/c1-10(12-7-5-6-8-14(12)16)17-9-13-11(2)18-19(3)15(13)20-4/h5-8,10,17H,9H2,1-4H3/t10-/m1/s1. The Balaban J connectivity index is 2.11. The smallest absolute Gasteiger partial charge is 0.216 e. The Morgan fingerprint density at radius 3 is 2.75 bits per heavy atom. The van der Waals surface area contributed by atoms with E-state index in [2.05, 4.69) is 45.4 Å². The molecule has 0 unspecified atom stereocenters. The number of methoxy groups -OCH3 is 1. The first-order valence-electron chi connectivity index (χ1n) is 6.58. The van der Waals surface area contributed by atoms with E-state index < -0.39 is 0 Å². The van der Waals surface area contributed by atoms with E-state index in [0.717, 1.165) is 28.2 Å². The molecule has 108 valence electrons. The molecule has 1 aromatic carbocycles. The number of ether oxygens (including phenoxy) is 1. The highest BCUT2D eigenvalue weighted by Crippen LogP contribution is 2.25. The van der Waals surface area contributed by atoms with Crippen LogP contribution in [0.25, 0.3) is 0 Å². The third kappa shape index (κ3) is 3.04. The Hall–Kier alpha value is -1.33. The zero-order valence-corrected chi connectivity index (χ0v) is 13.9. The van der Waals surface area contributed by atoms with Crippen LogP contribution in [0.1, 0.15) is 29.8 Å². The van der Waals surface area contributed by atoms with Crippen LogP contribution in [0.3, 0.4) is 0 Å². The zero-order chi connectivity index (χ0) is 14.7. The molecule has 0 aliphatic carbocycles. The van der Waals surface area contributed by atoms with E-state index in [0.29, 0.717) is 0 Å². The van der Waals surface area contributed by atoms with Crippen molar-refractivity contribution in [3.05, 3.63) is 45.6 Å². The summed E-state index contributed by atoms with van der Waals surface area (Å²) in [5.41, 5.74) is 3.35. The molecule has 0 spiro atoms. The molecular weight excluding hydrogens is 318 g/mol. The zero-order valence-electron chi connectivity index (χ0n) is 12.3. The van der Waals surface area contributed by atoms with E-state index in [1.54, 1.807) is 11.8 Å². The SMILES string of the molecule is COc1c(CN[C@H](C)c2ccccc2Br)c(C)nn1C. The molecule has 20 heavy (non-hydrogen) atoms. The van der Waals surface area contributed by atoms with Gasteiger partial charge in [-0.1, -0.05) is 34.1 Å². The summed E-state index contributed by atoms with van der Waals surface area (Å²) in [4.78, 5) is 0. The van der Waals surface area contributed by atoms with E-state index in [9.17, 15) is 0 Å². The lowest BCUT2D eigenvalue weighted by molar-refractivity contribution is 0.367. The van der Waals surface area contributed by atoms with Gasteiger partial charge in [0.1, 0.15) is 0 Å². The predicted molar refractivity (Wildman–Crippen MR) is 83.9 cm³/mol. The fourth-order valence-electron chi connectivity index (χ4n) is 2.33. The molecule has 0 saturated carbocycles. The van der Waals surface area contributed by atoms with Gasteiger partial charge in [-0.15, -0.1) is 0 Å². The molecule has 2 aromatic rings. The van der Waals surface area contributed by atoms with Crippen LogP contribution in [0.15, 0.2) is 28.7 Å². The summed E-state index contributed by atoms with van der Waals surface area (Å²) in [6.07, 6.45) is 0.